The summed E-state index contributed by atoms with van der Waals surface area (Å²) in [6.45, 7) is 5.68. The highest BCUT2D eigenvalue weighted by atomic mass is 35.5. The molecular weight excluding hydrogens is 252 g/mol. The number of nitrogen functional groups attached to an aromatic ring is 1. The van der Waals surface area contributed by atoms with Gasteiger partial charge in [0.05, 0.1) is 11.1 Å². The van der Waals surface area contributed by atoms with Crippen LogP contribution in [0.3, 0.4) is 0 Å². The van der Waals surface area contributed by atoms with E-state index in [1.165, 1.54) is 0 Å². The molecule has 2 aromatic rings. The molecule has 0 fully saturated rings. The second-order valence-corrected chi connectivity index (χ2v) is 4.73. The van der Waals surface area contributed by atoms with Crippen LogP contribution in [0.4, 0.5) is 5.69 Å². The van der Waals surface area contributed by atoms with E-state index in [0.717, 1.165) is 5.56 Å². The predicted molar refractivity (Wildman–Crippen MR) is 71.9 cm³/mol. The molecule has 0 spiro atoms. The Morgan fingerprint density at radius 2 is 2.11 bits per heavy atom. The molecule has 0 aliphatic heterocycles. The highest BCUT2D eigenvalue weighted by Crippen LogP contribution is 2.34. The molecule has 96 valence electrons. The van der Waals surface area contributed by atoms with Gasteiger partial charge in [-0.25, -0.2) is 0 Å². The van der Waals surface area contributed by atoms with Gasteiger partial charge >= 0.3 is 0 Å². The van der Waals surface area contributed by atoms with Crippen molar-refractivity contribution in [2.45, 2.75) is 26.9 Å². The van der Waals surface area contributed by atoms with Gasteiger partial charge in [0, 0.05) is 5.56 Å². The van der Waals surface area contributed by atoms with Crippen LogP contribution >= 0.6 is 11.6 Å². The molecule has 0 amide bonds. The molecule has 2 N–H and O–H groups in total. The van der Waals surface area contributed by atoms with Crippen molar-refractivity contribution in [3.05, 3.63) is 28.9 Å². The van der Waals surface area contributed by atoms with Crippen LogP contribution in [0.25, 0.3) is 11.3 Å². The SMILES string of the molecule is Cc1noc(-c2ccc(OC(C)C)c(Cl)c2)c1N. The minimum Gasteiger partial charge on any atom is -0.489 e. The number of anilines is 1. The molecule has 0 atom stereocenters. The van der Waals surface area contributed by atoms with E-state index in [9.17, 15) is 0 Å². The van der Waals surface area contributed by atoms with Crippen molar-refractivity contribution >= 4 is 17.3 Å². The van der Waals surface area contributed by atoms with E-state index in [4.69, 9.17) is 26.6 Å². The highest BCUT2D eigenvalue weighted by molar-refractivity contribution is 6.32. The zero-order valence-corrected chi connectivity index (χ0v) is 11.3. The van der Waals surface area contributed by atoms with E-state index >= 15 is 0 Å². The largest absolute Gasteiger partial charge is 0.489 e. The lowest BCUT2D eigenvalue weighted by Crippen LogP contribution is -2.05. The van der Waals surface area contributed by atoms with Crippen LogP contribution in [0.2, 0.25) is 5.02 Å². The Bertz CT molecular complexity index is 564. The van der Waals surface area contributed by atoms with Crippen molar-refractivity contribution < 1.29 is 9.26 Å². The topological polar surface area (TPSA) is 61.3 Å². The van der Waals surface area contributed by atoms with Crippen LogP contribution in [0.15, 0.2) is 22.7 Å². The number of nitrogens with zero attached hydrogens (tertiary/aromatic N) is 1. The Kier molecular flexibility index (Phi) is 3.48. The minimum absolute atomic E-state index is 0.0749. The van der Waals surface area contributed by atoms with Gasteiger partial charge in [-0.15, -0.1) is 0 Å². The third-order valence-corrected chi connectivity index (χ3v) is 2.76. The molecular formula is C13H15ClN2O2. The third kappa shape index (κ3) is 2.43. The summed E-state index contributed by atoms with van der Waals surface area (Å²) in [6.07, 6.45) is 0.0749. The molecule has 0 aliphatic carbocycles. The van der Waals surface area contributed by atoms with Gasteiger partial charge < -0.3 is 15.0 Å². The molecule has 4 nitrogen and oxygen atoms in total. The van der Waals surface area contributed by atoms with Gasteiger partial charge in [0.1, 0.15) is 17.1 Å². The summed E-state index contributed by atoms with van der Waals surface area (Å²) in [6, 6.07) is 5.41. The van der Waals surface area contributed by atoms with Crippen molar-refractivity contribution in [1.82, 2.24) is 5.16 Å². The maximum absolute atomic E-state index is 6.15. The smallest absolute Gasteiger partial charge is 0.190 e. The number of nitrogens with two attached hydrogens (primary N) is 1. The van der Waals surface area contributed by atoms with Crippen LogP contribution < -0.4 is 10.5 Å². The highest BCUT2D eigenvalue weighted by Gasteiger charge is 2.14. The Morgan fingerprint density at radius 3 is 2.61 bits per heavy atom. The second kappa shape index (κ2) is 4.90. The number of halogens is 1. The van der Waals surface area contributed by atoms with Crippen LogP contribution in [0.1, 0.15) is 19.5 Å². The molecule has 0 saturated heterocycles. The standard InChI is InChI=1S/C13H15ClN2O2/c1-7(2)17-11-5-4-9(6-10(11)14)13-12(15)8(3)16-18-13/h4-7H,15H2,1-3H3. The number of rotatable bonds is 3. The van der Waals surface area contributed by atoms with Crippen molar-refractivity contribution in [2.24, 2.45) is 0 Å². The molecule has 1 aromatic carbocycles. The van der Waals surface area contributed by atoms with Gasteiger partial charge in [0.2, 0.25) is 0 Å². The summed E-state index contributed by atoms with van der Waals surface area (Å²) >= 11 is 6.15. The van der Waals surface area contributed by atoms with E-state index in [1.54, 1.807) is 19.1 Å². The summed E-state index contributed by atoms with van der Waals surface area (Å²) in [5.74, 6) is 1.18. The fraction of sp³-hybridized carbons (Fsp3) is 0.308. The molecule has 18 heavy (non-hydrogen) atoms. The van der Waals surface area contributed by atoms with Gasteiger partial charge in [-0.1, -0.05) is 16.8 Å². The van der Waals surface area contributed by atoms with Crippen molar-refractivity contribution in [2.75, 3.05) is 5.73 Å². The number of ether oxygens (including phenoxy) is 1. The van der Waals surface area contributed by atoms with E-state index in [1.807, 2.05) is 19.9 Å². The first-order chi connectivity index (χ1) is 8.49. The molecule has 2 rings (SSSR count). The van der Waals surface area contributed by atoms with E-state index in [-0.39, 0.29) is 6.10 Å². The quantitative estimate of drug-likeness (QED) is 0.921. The van der Waals surface area contributed by atoms with Crippen molar-refractivity contribution in [3.8, 4) is 17.1 Å². The average molecular weight is 267 g/mol. The number of hydrogen-bond donors (Lipinski definition) is 1. The first kappa shape index (κ1) is 12.8. The summed E-state index contributed by atoms with van der Waals surface area (Å²) in [5, 5.41) is 4.34. The predicted octanol–water partition coefficient (Wildman–Crippen LogP) is 3.67. The maximum atomic E-state index is 6.15. The van der Waals surface area contributed by atoms with Gasteiger partial charge in [-0.05, 0) is 39.0 Å². The van der Waals surface area contributed by atoms with Crippen LogP contribution in [0, 0.1) is 6.92 Å². The summed E-state index contributed by atoms with van der Waals surface area (Å²) in [7, 11) is 0. The normalized spacial score (nSPS) is 10.9. The third-order valence-electron chi connectivity index (χ3n) is 2.47. The van der Waals surface area contributed by atoms with Crippen molar-refractivity contribution in [1.29, 1.82) is 0 Å². The Labute approximate surface area is 111 Å². The van der Waals surface area contributed by atoms with E-state index < -0.39 is 0 Å². The monoisotopic (exact) mass is 266 g/mol. The number of aromatic nitrogens is 1. The molecule has 0 saturated carbocycles. The molecule has 5 heteroatoms. The first-order valence-electron chi connectivity index (χ1n) is 5.67. The van der Waals surface area contributed by atoms with Crippen LogP contribution in [-0.4, -0.2) is 11.3 Å². The average Bonchev–Trinajstić information content (AvgIpc) is 2.62. The second-order valence-electron chi connectivity index (χ2n) is 4.32. The first-order valence-corrected chi connectivity index (χ1v) is 6.05. The molecule has 0 unspecified atom stereocenters. The van der Waals surface area contributed by atoms with E-state index in [0.29, 0.717) is 27.9 Å². The lowest BCUT2D eigenvalue weighted by Gasteiger charge is -2.11. The van der Waals surface area contributed by atoms with Gasteiger partial charge in [0.15, 0.2) is 5.76 Å². The Hall–Kier alpha value is -1.68. The Balaban J connectivity index is 2.37. The lowest BCUT2D eigenvalue weighted by atomic mass is 10.1. The van der Waals surface area contributed by atoms with Gasteiger partial charge in [-0.3, -0.25) is 0 Å². The molecule has 0 radical (unpaired) electrons. The molecule has 1 heterocycles. The summed E-state index contributed by atoms with van der Waals surface area (Å²) in [5.41, 5.74) is 7.86. The zero-order chi connectivity index (χ0) is 13.3. The minimum atomic E-state index is 0.0749. The summed E-state index contributed by atoms with van der Waals surface area (Å²) in [4.78, 5) is 0. The van der Waals surface area contributed by atoms with Crippen LogP contribution in [0.5, 0.6) is 5.75 Å². The lowest BCUT2D eigenvalue weighted by molar-refractivity contribution is 0.242. The maximum Gasteiger partial charge on any atom is 0.190 e. The summed E-state index contributed by atoms with van der Waals surface area (Å²) < 4.78 is 10.7. The molecule has 0 aliphatic rings. The molecule has 1 aromatic heterocycles. The van der Waals surface area contributed by atoms with Crippen molar-refractivity contribution in [3.63, 3.8) is 0 Å². The van der Waals surface area contributed by atoms with E-state index in [2.05, 4.69) is 5.16 Å². The number of aryl methyl sites for hydroxylation is 1. The fourth-order valence-electron chi connectivity index (χ4n) is 1.58. The van der Waals surface area contributed by atoms with Gasteiger partial charge in [0.25, 0.3) is 0 Å². The fourth-order valence-corrected chi connectivity index (χ4v) is 1.80. The number of hydrogen-bond acceptors (Lipinski definition) is 4. The van der Waals surface area contributed by atoms with Crippen LogP contribution in [-0.2, 0) is 0 Å². The zero-order valence-electron chi connectivity index (χ0n) is 10.5. The molecule has 0 bridgehead atoms. The Morgan fingerprint density at radius 1 is 1.39 bits per heavy atom. The van der Waals surface area contributed by atoms with Gasteiger partial charge in [-0.2, -0.15) is 0 Å². The number of benzene rings is 1.